The number of nitrogens with zero attached hydrogens (tertiary/aromatic N) is 2. The van der Waals surface area contributed by atoms with Crippen molar-refractivity contribution in [3.8, 4) is 0 Å². The smallest absolute Gasteiger partial charge is 0.168 e. The lowest BCUT2D eigenvalue weighted by Gasteiger charge is -2.04. The predicted molar refractivity (Wildman–Crippen MR) is 81.5 cm³/mol. The van der Waals surface area contributed by atoms with Gasteiger partial charge in [-0.15, -0.1) is 11.6 Å². The van der Waals surface area contributed by atoms with Gasteiger partial charge in [0.25, 0.3) is 0 Å². The lowest BCUT2D eigenvalue weighted by molar-refractivity contribution is 0.761. The minimum Gasteiger partial charge on any atom is -0.325 e. The maximum Gasteiger partial charge on any atom is 0.168 e. The monoisotopic (exact) mass is 378 g/mol. The van der Waals surface area contributed by atoms with E-state index < -0.39 is 0 Å². The molecule has 0 spiro atoms. The molecule has 2 nitrogen and oxygen atoms in total. The van der Waals surface area contributed by atoms with Crippen LogP contribution in [0.5, 0.6) is 0 Å². The van der Waals surface area contributed by atoms with E-state index in [2.05, 4.69) is 51.8 Å². The molecule has 0 saturated carbocycles. The summed E-state index contributed by atoms with van der Waals surface area (Å²) in [6.07, 6.45) is 1.84. The third-order valence-electron chi connectivity index (χ3n) is 2.46. The summed E-state index contributed by atoms with van der Waals surface area (Å²) in [7, 11) is 2.00. The van der Waals surface area contributed by atoms with Crippen molar-refractivity contribution in [3.05, 3.63) is 45.3 Å². The number of hydrogen-bond donors (Lipinski definition) is 0. The maximum absolute atomic E-state index is 5.81. The second kappa shape index (κ2) is 6.11. The lowest BCUT2D eigenvalue weighted by Crippen LogP contribution is -1.95. The van der Waals surface area contributed by atoms with Crippen molar-refractivity contribution in [2.24, 2.45) is 7.05 Å². The third kappa shape index (κ3) is 3.39. The van der Waals surface area contributed by atoms with Crippen LogP contribution in [0.1, 0.15) is 11.3 Å². The molecule has 90 valence electrons. The van der Waals surface area contributed by atoms with E-state index in [0.717, 1.165) is 16.6 Å². The Morgan fingerprint density at radius 3 is 2.65 bits per heavy atom. The average molecular weight is 379 g/mol. The Hall–Kier alpha value is -0.200. The zero-order chi connectivity index (χ0) is 12.3. The van der Waals surface area contributed by atoms with E-state index >= 15 is 0 Å². The van der Waals surface area contributed by atoms with Crippen LogP contribution in [0.25, 0.3) is 0 Å². The molecule has 0 N–H and O–H groups in total. The van der Waals surface area contributed by atoms with Gasteiger partial charge in [-0.1, -0.05) is 23.9 Å². The molecule has 2 rings (SSSR count). The van der Waals surface area contributed by atoms with Crippen molar-refractivity contribution in [2.45, 2.75) is 16.8 Å². The molecule has 0 saturated heterocycles. The highest BCUT2D eigenvalue weighted by molar-refractivity contribution is 14.1. The van der Waals surface area contributed by atoms with Crippen LogP contribution >= 0.6 is 46.0 Å². The molecule has 0 atom stereocenters. The van der Waals surface area contributed by atoms with Crippen LogP contribution in [0.4, 0.5) is 0 Å². The highest BCUT2D eigenvalue weighted by atomic mass is 127. The first-order valence-corrected chi connectivity index (χ1v) is 7.74. The molecule has 0 aliphatic carbocycles. The topological polar surface area (TPSA) is 17.8 Å². The summed E-state index contributed by atoms with van der Waals surface area (Å²) < 4.78 is 3.31. The number of hydrogen-bond acceptors (Lipinski definition) is 2. The highest BCUT2D eigenvalue weighted by Gasteiger charge is 2.06. The van der Waals surface area contributed by atoms with E-state index in [0.29, 0.717) is 5.88 Å². The van der Waals surface area contributed by atoms with Gasteiger partial charge in [-0.25, -0.2) is 4.98 Å². The molecule has 0 aliphatic rings. The average Bonchev–Trinajstić information content (AvgIpc) is 2.69. The Morgan fingerprint density at radius 1 is 1.35 bits per heavy atom. The van der Waals surface area contributed by atoms with Crippen LogP contribution in [-0.2, 0) is 18.7 Å². The minimum atomic E-state index is 0.508. The number of thioether (sulfide) groups is 1. The molecular formula is C12H12ClIN2S. The van der Waals surface area contributed by atoms with Gasteiger partial charge in [0.1, 0.15) is 0 Å². The van der Waals surface area contributed by atoms with Crippen molar-refractivity contribution in [3.63, 3.8) is 0 Å². The van der Waals surface area contributed by atoms with Crippen molar-refractivity contribution in [1.29, 1.82) is 0 Å². The van der Waals surface area contributed by atoms with Gasteiger partial charge in [-0.2, -0.15) is 0 Å². The summed E-state index contributed by atoms with van der Waals surface area (Å²) in [6, 6.07) is 8.55. The standard InChI is InChI=1S/C12H12ClIN2S/c1-16-11(6-13)7-15-12(16)17-8-9-2-4-10(14)5-3-9/h2-5,7H,6,8H2,1H3. The van der Waals surface area contributed by atoms with Gasteiger partial charge >= 0.3 is 0 Å². The fraction of sp³-hybridized carbons (Fsp3) is 0.250. The van der Waals surface area contributed by atoms with Crippen molar-refractivity contribution < 1.29 is 0 Å². The fourth-order valence-corrected chi connectivity index (χ4v) is 2.95. The van der Waals surface area contributed by atoms with Crippen LogP contribution in [0, 0.1) is 3.57 Å². The summed E-state index contributed by atoms with van der Waals surface area (Å²) in [4.78, 5) is 4.36. The van der Waals surface area contributed by atoms with Crippen molar-refractivity contribution in [2.75, 3.05) is 0 Å². The molecule has 0 amide bonds. The first-order valence-electron chi connectivity index (χ1n) is 5.14. The van der Waals surface area contributed by atoms with Crippen LogP contribution in [0.15, 0.2) is 35.6 Å². The summed E-state index contributed by atoms with van der Waals surface area (Å²) >= 11 is 9.85. The number of rotatable bonds is 4. The van der Waals surface area contributed by atoms with E-state index in [1.165, 1.54) is 9.13 Å². The summed E-state index contributed by atoms with van der Waals surface area (Å²) in [5.74, 6) is 1.44. The Labute approximate surface area is 124 Å². The molecule has 1 aromatic carbocycles. The zero-order valence-electron chi connectivity index (χ0n) is 9.36. The SMILES string of the molecule is Cn1c(CCl)cnc1SCc1ccc(I)cc1. The van der Waals surface area contributed by atoms with Crippen molar-refractivity contribution in [1.82, 2.24) is 9.55 Å². The first-order chi connectivity index (χ1) is 8.20. The van der Waals surface area contributed by atoms with Gasteiger partial charge in [0.2, 0.25) is 0 Å². The number of imidazole rings is 1. The molecule has 5 heteroatoms. The molecule has 1 aromatic heterocycles. The van der Waals surface area contributed by atoms with Crippen LogP contribution in [0.2, 0.25) is 0 Å². The van der Waals surface area contributed by atoms with Crippen LogP contribution in [-0.4, -0.2) is 9.55 Å². The number of halogens is 2. The molecule has 0 radical (unpaired) electrons. The van der Waals surface area contributed by atoms with Gasteiger partial charge in [-0.05, 0) is 40.3 Å². The van der Waals surface area contributed by atoms with Gasteiger partial charge < -0.3 is 4.57 Å². The zero-order valence-corrected chi connectivity index (χ0v) is 13.1. The number of aromatic nitrogens is 2. The molecule has 0 unspecified atom stereocenters. The molecule has 0 fully saturated rings. The highest BCUT2D eigenvalue weighted by Crippen LogP contribution is 2.22. The van der Waals surface area contributed by atoms with Gasteiger partial charge in [0.05, 0.1) is 17.8 Å². The molecule has 0 aliphatic heterocycles. The largest absolute Gasteiger partial charge is 0.325 e. The molecule has 1 heterocycles. The second-order valence-corrected chi connectivity index (χ2v) is 6.10. The maximum atomic E-state index is 5.81. The lowest BCUT2D eigenvalue weighted by atomic mass is 10.2. The fourth-order valence-electron chi connectivity index (χ4n) is 1.41. The van der Waals surface area contributed by atoms with Crippen LogP contribution in [0.3, 0.4) is 0 Å². The van der Waals surface area contributed by atoms with Gasteiger partial charge in [0, 0.05) is 16.4 Å². The Morgan fingerprint density at radius 2 is 2.06 bits per heavy atom. The summed E-state index contributed by atoms with van der Waals surface area (Å²) in [5.41, 5.74) is 2.36. The van der Waals surface area contributed by atoms with E-state index in [-0.39, 0.29) is 0 Å². The Kier molecular flexibility index (Phi) is 4.76. The quantitative estimate of drug-likeness (QED) is 0.454. The van der Waals surface area contributed by atoms with Crippen LogP contribution < -0.4 is 0 Å². The molecule has 2 aromatic rings. The van der Waals surface area contributed by atoms with E-state index in [1.807, 2.05) is 17.8 Å². The molecule has 0 bridgehead atoms. The van der Waals surface area contributed by atoms with E-state index in [1.54, 1.807) is 11.8 Å². The van der Waals surface area contributed by atoms with E-state index in [4.69, 9.17) is 11.6 Å². The third-order valence-corrected chi connectivity index (χ3v) is 4.57. The molecule has 17 heavy (non-hydrogen) atoms. The van der Waals surface area contributed by atoms with Crippen molar-refractivity contribution >= 4 is 46.0 Å². The van der Waals surface area contributed by atoms with Gasteiger partial charge in [0.15, 0.2) is 5.16 Å². The van der Waals surface area contributed by atoms with Gasteiger partial charge in [-0.3, -0.25) is 0 Å². The Bertz CT molecular complexity index is 496. The second-order valence-electron chi connectivity index (χ2n) is 3.64. The predicted octanol–water partition coefficient (Wildman–Crippen LogP) is 4.06. The summed E-state index contributed by atoms with van der Waals surface area (Å²) in [5, 5.41) is 1.01. The Balaban J connectivity index is 2.02. The first kappa shape index (κ1) is 13.2. The number of benzene rings is 1. The number of alkyl halides is 1. The molecular weight excluding hydrogens is 367 g/mol. The van der Waals surface area contributed by atoms with E-state index in [9.17, 15) is 0 Å². The summed E-state index contributed by atoms with van der Waals surface area (Å²) in [6.45, 7) is 0. The normalized spacial score (nSPS) is 10.8. The minimum absolute atomic E-state index is 0.508.